The summed E-state index contributed by atoms with van der Waals surface area (Å²) in [7, 11) is -3.73. The number of rotatable bonds is 10. The Morgan fingerprint density at radius 1 is 0.844 bits per heavy atom. The largest absolute Gasteiger partial charge is 0.376 e. The molecule has 4 aromatic carbocycles. The van der Waals surface area contributed by atoms with Crippen LogP contribution in [0.1, 0.15) is 33.3 Å². The van der Waals surface area contributed by atoms with Crippen molar-refractivity contribution < 1.29 is 23.5 Å². The van der Waals surface area contributed by atoms with Gasteiger partial charge in [-0.3, -0.25) is 4.57 Å². The Morgan fingerprint density at radius 2 is 1.47 bits per heavy atom. The molecule has 0 amide bonds. The lowest BCUT2D eigenvalue weighted by atomic mass is 9.92. The summed E-state index contributed by atoms with van der Waals surface area (Å²) in [4.78, 5) is 10.2. The molecule has 0 fully saturated rings. The molecule has 1 unspecified atom stereocenters. The molecule has 170 valence electrons. The van der Waals surface area contributed by atoms with Gasteiger partial charge in [0.15, 0.2) is 0 Å². The molecule has 4 aromatic rings. The molecule has 0 saturated carbocycles. The van der Waals surface area contributed by atoms with Crippen LogP contribution < -0.4 is 0 Å². The van der Waals surface area contributed by atoms with Gasteiger partial charge in [0, 0.05) is 0 Å². The molecule has 0 aromatic heterocycles. The van der Waals surface area contributed by atoms with Gasteiger partial charge in [-0.05, 0) is 51.7 Å². The molecule has 0 radical (unpaired) electrons. The smallest absolute Gasteiger partial charge is 0.331 e. The monoisotopic (exact) mass is 454 g/mol. The van der Waals surface area contributed by atoms with E-state index in [1.165, 1.54) is 26.9 Å². The average Bonchev–Trinajstić information content (AvgIpc) is 2.76. The van der Waals surface area contributed by atoms with Crippen molar-refractivity contribution in [3.8, 4) is 0 Å². The van der Waals surface area contributed by atoms with Gasteiger partial charge in [-0.15, -0.1) is 0 Å². The zero-order chi connectivity index (χ0) is 22.9. The number of hydrogen-bond acceptors (Lipinski definition) is 4. The summed E-state index contributed by atoms with van der Waals surface area (Å²) in [5.74, 6) is 0. The van der Waals surface area contributed by atoms with Crippen molar-refractivity contribution in [1.82, 2.24) is 0 Å². The minimum absolute atomic E-state index is 0.00390. The maximum Gasteiger partial charge on any atom is 0.331 e. The Morgan fingerprint density at radius 3 is 2.12 bits per heavy atom. The van der Waals surface area contributed by atoms with Gasteiger partial charge in [-0.1, -0.05) is 68.4 Å². The fourth-order valence-corrected chi connectivity index (χ4v) is 4.76. The molecular weight excluding hydrogens is 423 g/mol. The number of benzene rings is 4. The van der Waals surface area contributed by atoms with Crippen LogP contribution in [0.4, 0.5) is 0 Å². The van der Waals surface area contributed by atoms with Crippen molar-refractivity contribution in [2.45, 2.75) is 52.2 Å². The van der Waals surface area contributed by atoms with Gasteiger partial charge >= 0.3 is 7.60 Å². The maximum absolute atomic E-state index is 12.4. The summed E-state index contributed by atoms with van der Waals surface area (Å²) >= 11 is 0. The molecule has 2 atom stereocenters. The summed E-state index contributed by atoms with van der Waals surface area (Å²) in [5, 5.41) is 7.34. The van der Waals surface area contributed by atoms with Crippen molar-refractivity contribution in [3.63, 3.8) is 0 Å². The molecule has 32 heavy (non-hydrogen) atoms. The Bertz CT molecular complexity index is 1230. The standard InChI is InChI=1S/C26H31O5P/c1-17(2)30-16-23(31-32(27,28)18(3)4)15-29-14-22-11-10-21-9-8-19-6-5-7-20-12-13-24(22)26(21)25(19)20/h5-13,17-18,23H,14-16H2,1-4H3,(H,27,28)/t23-/m0/s1. The fraction of sp³-hybridized carbons (Fsp3) is 0.385. The first kappa shape index (κ1) is 23.2. The second-order valence-electron chi connectivity index (χ2n) is 8.86. The quantitative estimate of drug-likeness (QED) is 0.219. The van der Waals surface area contributed by atoms with Gasteiger partial charge in [0.1, 0.15) is 6.10 Å². The van der Waals surface area contributed by atoms with Crippen LogP contribution in [0.25, 0.3) is 32.3 Å². The van der Waals surface area contributed by atoms with Crippen molar-refractivity contribution in [3.05, 3.63) is 60.2 Å². The highest BCUT2D eigenvalue weighted by Gasteiger charge is 2.29. The summed E-state index contributed by atoms with van der Waals surface area (Å²) in [6.45, 7) is 7.94. The van der Waals surface area contributed by atoms with E-state index in [1.807, 2.05) is 13.8 Å². The fourth-order valence-electron chi connectivity index (χ4n) is 3.97. The molecule has 0 bridgehead atoms. The molecule has 0 aliphatic carbocycles. The molecule has 0 spiro atoms. The van der Waals surface area contributed by atoms with E-state index in [0.29, 0.717) is 6.61 Å². The van der Waals surface area contributed by atoms with E-state index in [9.17, 15) is 9.46 Å². The topological polar surface area (TPSA) is 65.0 Å². The zero-order valence-corrected chi connectivity index (χ0v) is 20.0. The van der Waals surface area contributed by atoms with Crippen LogP contribution in [0.5, 0.6) is 0 Å². The van der Waals surface area contributed by atoms with E-state index in [1.54, 1.807) is 13.8 Å². The second-order valence-corrected chi connectivity index (χ2v) is 11.2. The molecule has 0 heterocycles. The average molecular weight is 455 g/mol. The molecule has 0 aliphatic heterocycles. The van der Waals surface area contributed by atoms with Crippen LogP contribution in [0, 0.1) is 0 Å². The SMILES string of the molecule is CC(C)OC[C@H](COCc1ccc2ccc3cccc4ccc1c2c34)OP(=O)(O)C(C)C. The van der Waals surface area contributed by atoms with E-state index < -0.39 is 19.4 Å². The molecule has 6 heteroatoms. The minimum atomic E-state index is -3.73. The Balaban J connectivity index is 1.55. The molecule has 0 aliphatic rings. The lowest BCUT2D eigenvalue weighted by Crippen LogP contribution is -2.27. The van der Waals surface area contributed by atoms with Crippen LogP contribution in [0.3, 0.4) is 0 Å². The highest BCUT2D eigenvalue weighted by atomic mass is 31.2. The maximum atomic E-state index is 12.4. The summed E-state index contributed by atoms with van der Waals surface area (Å²) < 4.78 is 29.6. The predicted octanol–water partition coefficient (Wildman–Crippen LogP) is 6.50. The molecule has 0 saturated heterocycles. The van der Waals surface area contributed by atoms with Crippen molar-refractivity contribution >= 4 is 39.9 Å². The van der Waals surface area contributed by atoms with Gasteiger partial charge in [0.05, 0.1) is 31.6 Å². The van der Waals surface area contributed by atoms with Gasteiger partial charge in [0.25, 0.3) is 0 Å². The highest BCUT2D eigenvalue weighted by Crippen LogP contribution is 2.48. The van der Waals surface area contributed by atoms with Crippen LogP contribution in [-0.4, -0.2) is 36.0 Å². The Hall–Kier alpha value is -2.01. The van der Waals surface area contributed by atoms with Crippen molar-refractivity contribution in [2.75, 3.05) is 13.2 Å². The first-order chi connectivity index (χ1) is 15.3. The van der Waals surface area contributed by atoms with E-state index in [0.717, 1.165) is 10.9 Å². The van der Waals surface area contributed by atoms with Gasteiger partial charge in [-0.2, -0.15) is 0 Å². The molecule has 1 N–H and O–H groups in total. The number of ether oxygens (including phenoxy) is 2. The summed E-state index contributed by atoms with van der Waals surface area (Å²) in [6.07, 6.45) is -0.619. The van der Waals surface area contributed by atoms with Crippen LogP contribution in [0.15, 0.2) is 54.6 Å². The molecule has 5 nitrogen and oxygen atoms in total. The lowest BCUT2D eigenvalue weighted by molar-refractivity contribution is -0.0317. The van der Waals surface area contributed by atoms with Crippen molar-refractivity contribution in [2.24, 2.45) is 0 Å². The van der Waals surface area contributed by atoms with Gasteiger partial charge < -0.3 is 18.9 Å². The third-order valence-electron chi connectivity index (χ3n) is 5.75. The molecule has 4 rings (SSSR count). The van der Waals surface area contributed by atoms with E-state index in [-0.39, 0.29) is 19.3 Å². The summed E-state index contributed by atoms with van der Waals surface area (Å²) in [6, 6.07) is 19.2. The predicted molar refractivity (Wildman–Crippen MR) is 131 cm³/mol. The Kier molecular flexibility index (Phi) is 6.85. The highest BCUT2D eigenvalue weighted by molar-refractivity contribution is 7.53. The van der Waals surface area contributed by atoms with Crippen molar-refractivity contribution in [1.29, 1.82) is 0 Å². The normalized spacial score (nSPS) is 15.3. The third-order valence-corrected chi connectivity index (χ3v) is 7.65. The van der Waals surface area contributed by atoms with E-state index >= 15 is 0 Å². The van der Waals surface area contributed by atoms with Crippen LogP contribution >= 0.6 is 7.60 Å². The third kappa shape index (κ3) is 4.83. The van der Waals surface area contributed by atoms with Crippen LogP contribution in [0.2, 0.25) is 0 Å². The van der Waals surface area contributed by atoms with E-state index in [4.69, 9.17) is 14.0 Å². The van der Waals surface area contributed by atoms with Gasteiger partial charge in [0.2, 0.25) is 0 Å². The van der Waals surface area contributed by atoms with Crippen LogP contribution in [-0.2, 0) is 25.2 Å². The van der Waals surface area contributed by atoms with Gasteiger partial charge in [-0.25, -0.2) is 0 Å². The minimum Gasteiger partial charge on any atom is -0.376 e. The summed E-state index contributed by atoms with van der Waals surface area (Å²) in [5.41, 5.74) is 0.594. The second kappa shape index (κ2) is 9.46. The number of hydrogen-bond donors (Lipinski definition) is 1. The first-order valence-corrected chi connectivity index (χ1v) is 12.8. The zero-order valence-electron chi connectivity index (χ0n) is 19.1. The van der Waals surface area contributed by atoms with E-state index in [2.05, 4.69) is 54.6 Å². The lowest BCUT2D eigenvalue weighted by Gasteiger charge is -2.24. The first-order valence-electron chi connectivity index (χ1n) is 11.1. The molecular formula is C26H31O5P. The Labute approximate surface area is 189 Å².